The van der Waals surface area contributed by atoms with Gasteiger partial charge in [-0.2, -0.15) is 0 Å². The molecule has 1 fully saturated rings. The highest BCUT2D eigenvalue weighted by molar-refractivity contribution is 5.94. The standard InChI is InChI=1S/C18H28N2O2/c1-18(2,3)17(21)19-15-7-9-16(10-8-15)22-14-6-13-20-11-4-5-12-20/h7-10H,4-6,11-14H2,1-3H3,(H,19,21). The largest absolute Gasteiger partial charge is 0.494 e. The molecule has 122 valence electrons. The number of benzene rings is 1. The van der Waals surface area contributed by atoms with Gasteiger partial charge >= 0.3 is 0 Å². The molecule has 0 spiro atoms. The molecule has 4 nitrogen and oxygen atoms in total. The number of carbonyl (C=O) groups is 1. The van der Waals surface area contributed by atoms with Crippen molar-refractivity contribution in [3.8, 4) is 5.75 Å². The number of hydrogen-bond donors (Lipinski definition) is 1. The van der Waals surface area contributed by atoms with E-state index in [4.69, 9.17) is 4.74 Å². The summed E-state index contributed by atoms with van der Waals surface area (Å²) in [5.41, 5.74) is 0.425. The highest BCUT2D eigenvalue weighted by Crippen LogP contribution is 2.20. The van der Waals surface area contributed by atoms with E-state index >= 15 is 0 Å². The van der Waals surface area contributed by atoms with Crippen LogP contribution in [-0.4, -0.2) is 37.0 Å². The normalized spacial score (nSPS) is 15.8. The molecule has 0 unspecified atom stereocenters. The molecule has 1 aliphatic heterocycles. The Morgan fingerprint density at radius 1 is 1.18 bits per heavy atom. The maximum Gasteiger partial charge on any atom is 0.229 e. The molecule has 1 heterocycles. The Hall–Kier alpha value is -1.55. The molecule has 1 aromatic rings. The second-order valence-electron chi connectivity index (χ2n) is 6.98. The lowest BCUT2D eigenvalue weighted by Gasteiger charge is -2.18. The number of amides is 1. The molecule has 0 radical (unpaired) electrons. The third-order valence-electron chi connectivity index (χ3n) is 3.88. The van der Waals surface area contributed by atoms with Gasteiger partial charge in [-0.3, -0.25) is 4.79 Å². The molecule has 0 bridgehead atoms. The van der Waals surface area contributed by atoms with E-state index in [2.05, 4.69) is 10.2 Å². The molecule has 1 N–H and O–H groups in total. The zero-order valence-electron chi connectivity index (χ0n) is 14.0. The lowest BCUT2D eigenvalue weighted by molar-refractivity contribution is -0.123. The lowest BCUT2D eigenvalue weighted by Crippen LogP contribution is -2.27. The molecular formula is C18H28N2O2. The highest BCUT2D eigenvalue weighted by Gasteiger charge is 2.21. The van der Waals surface area contributed by atoms with Crippen LogP contribution in [0, 0.1) is 5.41 Å². The van der Waals surface area contributed by atoms with E-state index in [9.17, 15) is 4.79 Å². The zero-order valence-corrected chi connectivity index (χ0v) is 14.0. The smallest absolute Gasteiger partial charge is 0.229 e. The Bertz CT molecular complexity index is 471. The van der Waals surface area contributed by atoms with Crippen molar-refractivity contribution >= 4 is 11.6 Å². The molecular weight excluding hydrogens is 276 g/mol. The van der Waals surface area contributed by atoms with Crippen molar-refractivity contribution in [2.45, 2.75) is 40.0 Å². The van der Waals surface area contributed by atoms with E-state index in [0.29, 0.717) is 0 Å². The van der Waals surface area contributed by atoms with Gasteiger partial charge in [0, 0.05) is 17.6 Å². The molecule has 4 heteroatoms. The van der Waals surface area contributed by atoms with Crippen LogP contribution in [0.4, 0.5) is 5.69 Å². The zero-order chi connectivity index (χ0) is 16.0. The molecule has 1 saturated heterocycles. The van der Waals surface area contributed by atoms with Crippen molar-refractivity contribution in [3.05, 3.63) is 24.3 Å². The average Bonchev–Trinajstić information content (AvgIpc) is 2.97. The average molecular weight is 304 g/mol. The summed E-state index contributed by atoms with van der Waals surface area (Å²) in [5, 5.41) is 2.91. The van der Waals surface area contributed by atoms with Crippen molar-refractivity contribution in [1.82, 2.24) is 4.90 Å². The van der Waals surface area contributed by atoms with Crippen molar-refractivity contribution in [2.24, 2.45) is 5.41 Å². The van der Waals surface area contributed by atoms with Crippen LogP contribution in [-0.2, 0) is 4.79 Å². The first-order chi connectivity index (χ1) is 10.4. The minimum atomic E-state index is -0.384. The predicted octanol–water partition coefficient (Wildman–Crippen LogP) is 3.54. The molecule has 1 amide bonds. The highest BCUT2D eigenvalue weighted by atomic mass is 16.5. The first kappa shape index (κ1) is 16.8. The van der Waals surface area contributed by atoms with Crippen molar-refractivity contribution in [2.75, 3.05) is 31.6 Å². The topological polar surface area (TPSA) is 41.6 Å². The number of nitrogens with one attached hydrogen (secondary N) is 1. The van der Waals surface area contributed by atoms with Gasteiger partial charge in [0.25, 0.3) is 0 Å². The molecule has 22 heavy (non-hydrogen) atoms. The maximum atomic E-state index is 11.9. The Morgan fingerprint density at radius 3 is 2.41 bits per heavy atom. The van der Waals surface area contributed by atoms with Crippen molar-refractivity contribution < 1.29 is 9.53 Å². The van der Waals surface area contributed by atoms with E-state index < -0.39 is 0 Å². The van der Waals surface area contributed by atoms with E-state index in [1.54, 1.807) is 0 Å². The second-order valence-corrected chi connectivity index (χ2v) is 6.98. The van der Waals surface area contributed by atoms with Crippen LogP contribution >= 0.6 is 0 Å². The fourth-order valence-corrected chi connectivity index (χ4v) is 2.44. The van der Waals surface area contributed by atoms with Gasteiger partial charge in [0.15, 0.2) is 0 Å². The summed E-state index contributed by atoms with van der Waals surface area (Å²) in [6, 6.07) is 7.60. The molecule has 0 aromatic heterocycles. The van der Waals surface area contributed by atoms with Gasteiger partial charge in [-0.05, 0) is 56.6 Å². The van der Waals surface area contributed by atoms with Gasteiger partial charge in [0.2, 0.25) is 5.91 Å². The summed E-state index contributed by atoms with van der Waals surface area (Å²) in [6.07, 6.45) is 3.73. The summed E-state index contributed by atoms with van der Waals surface area (Å²) >= 11 is 0. The van der Waals surface area contributed by atoms with Crippen LogP contribution in [0.3, 0.4) is 0 Å². The summed E-state index contributed by atoms with van der Waals surface area (Å²) < 4.78 is 5.75. The number of likely N-dealkylation sites (tertiary alicyclic amines) is 1. The molecule has 0 saturated carbocycles. The monoisotopic (exact) mass is 304 g/mol. The third kappa shape index (κ3) is 5.34. The van der Waals surface area contributed by atoms with Gasteiger partial charge in [-0.15, -0.1) is 0 Å². The predicted molar refractivity (Wildman–Crippen MR) is 90.3 cm³/mol. The van der Waals surface area contributed by atoms with Gasteiger partial charge in [-0.25, -0.2) is 0 Å². The van der Waals surface area contributed by atoms with Crippen LogP contribution < -0.4 is 10.1 Å². The van der Waals surface area contributed by atoms with Crippen LogP contribution in [0.15, 0.2) is 24.3 Å². The minimum absolute atomic E-state index is 0.0202. The number of anilines is 1. The number of hydrogen-bond acceptors (Lipinski definition) is 3. The Morgan fingerprint density at radius 2 is 1.82 bits per heavy atom. The molecule has 1 aliphatic rings. The number of nitrogens with zero attached hydrogens (tertiary/aromatic N) is 1. The Labute approximate surface area is 133 Å². The summed E-state index contributed by atoms with van der Waals surface area (Å²) in [6.45, 7) is 10.1. The first-order valence-electron chi connectivity index (χ1n) is 8.22. The van der Waals surface area contributed by atoms with Gasteiger partial charge in [-0.1, -0.05) is 20.8 Å². The second kappa shape index (κ2) is 7.63. The quantitative estimate of drug-likeness (QED) is 0.817. The number of carbonyl (C=O) groups excluding carboxylic acids is 1. The lowest BCUT2D eigenvalue weighted by atomic mass is 9.95. The van der Waals surface area contributed by atoms with Gasteiger partial charge < -0.3 is 15.0 Å². The molecule has 0 atom stereocenters. The number of ether oxygens (including phenoxy) is 1. The van der Waals surface area contributed by atoms with E-state index in [1.165, 1.54) is 25.9 Å². The SMILES string of the molecule is CC(C)(C)C(=O)Nc1ccc(OCCCN2CCCC2)cc1. The summed E-state index contributed by atoms with van der Waals surface area (Å²) in [4.78, 5) is 14.4. The van der Waals surface area contributed by atoms with Crippen LogP contribution in [0.5, 0.6) is 5.75 Å². The summed E-state index contributed by atoms with van der Waals surface area (Å²) in [7, 11) is 0. The Kier molecular flexibility index (Phi) is 5.83. The van der Waals surface area contributed by atoms with Gasteiger partial charge in [0.05, 0.1) is 6.61 Å². The first-order valence-corrected chi connectivity index (χ1v) is 8.22. The van der Waals surface area contributed by atoms with E-state index in [0.717, 1.165) is 31.0 Å². The maximum absolute atomic E-state index is 11.9. The fraction of sp³-hybridized carbons (Fsp3) is 0.611. The van der Waals surface area contributed by atoms with Crippen LogP contribution in [0.25, 0.3) is 0 Å². The summed E-state index contributed by atoms with van der Waals surface area (Å²) in [5.74, 6) is 0.877. The van der Waals surface area contributed by atoms with E-state index in [1.807, 2.05) is 45.0 Å². The molecule has 2 rings (SSSR count). The third-order valence-corrected chi connectivity index (χ3v) is 3.88. The van der Waals surface area contributed by atoms with Crippen LogP contribution in [0.1, 0.15) is 40.0 Å². The van der Waals surface area contributed by atoms with Crippen molar-refractivity contribution in [1.29, 1.82) is 0 Å². The minimum Gasteiger partial charge on any atom is -0.494 e. The van der Waals surface area contributed by atoms with Crippen molar-refractivity contribution in [3.63, 3.8) is 0 Å². The fourth-order valence-electron chi connectivity index (χ4n) is 2.44. The molecule has 0 aliphatic carbocycles. The van der Waals surface area contributed by atoms with Gasteiger partial charge in [0.1, 0.15) is 5.75 Å². The number of rotatable bonds is 6. The molecule has 1 aromatic carbocycles. The Balaban J connectivity index is 1.71. The van der Waals surface area contributed by atoms with E-state index in [-0.39, 0.29) is 11.3 Å². The van der Waals surface area contributed by atoms with Crippen LogP contribution in [0.2, 0.25) is 0 Å².